The van der Waals surface area contributed by atoms with E-state index >= 15 is 0 Å². The Bertz CT molecular complexity index is 293. The van der Waals surface area contributed by atoms with E-state index < -0.39 is 9.84 Å². The smallest absolute Gasteiger partial charge is 0.147 e. The average Bonchev–Trinajstić information content (AvgIpc) is 2.14. The van der Waals surface area contributed by atoms with Crippen LogP contribution in [0.3, 0.4) is 0 Å². The summed E-state index contributed by atoms with van der Waals surface area (Å²) in [5.41, 5.74) is 6.20. The fraction of sp³-hybridized carbons (Fsp3) is 1.00. The number of nitrogens with two attached hydrogens (primary N) is 1. The molecule has 1 fully saturated rings. The lowest BCUT2D eigenvalue weighted by Crippen LogP contribution is -2.31. The summed E-state index contributed by atoms with van der Waals surface area (Å²) in [6.45, 7) is 0. The Morgan fingerprint density at radius 3 is 2.18 bits per heavy atom. The van der Waals surface area contributed by atoms with Gasteiger partial charge in [0.1, 0.15) is 9.84 Å². The first kappa shape index (κ1) is 15.0. The molecule has 1 aliphatic rings. The molecule has 0 radical (unpaired) electrons. The van der Waals surface area contributed by atoms with Gasteiger partial charge >= 0.3 is 0 Å². The summed E-state index contributed by atoms with van der Waals surface area (Å²) in [7, 11) is -2.82. The maximum absolute atomic E-state index is 11.0. The molecule has 1 saturated carbocycles. The molecule has 4 heteroatoms. The molecule has 0 spiro atoms. The minimum absolute atomic E-state index is 0.204. The summed E-state index contributed by atoms with van der Waals surface area (Å²) in [4.78, 5) is 0. The van der Waals surface area contributed by atoms with Gasteiger partial charge < -0.3 is 5.73 Å². The molecular weight excluding hydrogens is 234 g/mol. The lowest BCUT2D eigenvalue weighted by Gasteiger charge is -2.25. The zero-order valence-corrected chi connectivity index (χ0v) is 11.8. The van der Waals surface area contributed by atoms with E-state index in [4.69, 9.17) is 5.73 Å². The Kier molecular flexibility index (Phi) is 6.49. The van der Waals surface area contributed by atoms with Gasteiger partial charge in [0, 0.05) is 18.1 Å². The minimum atomic E-state index is -2.82. The Morgan fingerprint density at radius 1 is 1.12 bits per heavy atom. The molecule has 1 unspecified atom stereocenters. The van der Waals surface area contributed by atoms with Crippen LogP contribution in [0, 0.1) is 5.92 Å². The molecule has 17 heavy (non-hydrogen) atoms. The van der Waals surface area contributed by atoms with Crippen molar-refractivity contribution in [1.29, 1.82) is 0 Å². The van der Waals surface area contributed by atoms with E-state index in [0.717, 1.165) is 12.8 Å². The fourth-order valence-corrected chi connectivity index (χ4v) is 3.42. The standard InChI is InChI=1S/C13H27NO2S/c1-17(15,16)11-7-10-13(14)12-8-5-3-2-4-6-9-12/h12-13H,2-11,14H2,1H3. The van der Waals surface area contributed by atoms with Crippen molar-refractivity contribution in [3.05, 3.63) is 0 Å². The Labute approximate surface area is 106 Å². The predicted molar refractivity (Wildman–Crippen MR) is 72.7 cm³/mol. The first-order valence-electron chi connectivity index (χ1n) is 6.92. The third-order valence-corrected chi connectivity index (χ3v) is 4.84. The highest BCUT2D eigenvalue weighted by Gasteiger charge is 2.18. The Balaban J connectivity index is 2.27. The van der Waals surface area contributed by atoms with Crippen LogP contribution in [0.25, 0.3) is 0 Å². The van der Waals surface area contributed by atoms with Gasteiger partial charge in [-0.1, -0.05) is 32.1 Å². The lowest BCUT2D eigenvalue weighted by atomic mass is 9.84. The van der Waals surface area contributed by atoms with Crippen LogP contribution in [0.2, 0.25) is 0 Å². The number of hydrogen-bond acceptors (Lipinski definition) is 3. The van der Waals surface area contributed by atoms with Crippen LogP contribution < -0.4 is 5.73 Å². The molecule has 1 atom stereocenters. The van der Waals surface area contributed by atoms with Crippen LogP contribution in [-0.4, -0.2) is 26.5 Å². The van der Waals surface area contributed by atoms with Crippen molar-refractivity contribution in [2.45, 2.75) is 63.8 Å². The molecule has 1 rings (SSSR count). The molecule has 0 bridgehead atoms. The molecule has 102 valence electrons. The van der Waals surface area contributed by atoms with Crippen molar-refractivity contribution in [1.82, 2.24) is 0 Å². The van der Waals surface area contributed by atoms with Gasteiger partial charge in [0.05, 0.1) is 0 Å². The van der Waals surface area contributed by atoms with Crippen molar-refractivity contribution < 1.29 is 8.42 Å². The molecule has 0 aromatic rings. The minimum Gasteiger partial charge on any atom is -0.327 e. The van der Waals surface area contributed by atoms with Gasteiger partial charge in [0.2, 0.25) is 0 Å². The molecule has 0 aromatic heterocycles. The summed E-state index contributed by atoms with van der Waals surface area (Å²) in [5.74, 6) is 0.905. The monoisotopic (exact) mass is 261 g/mol. The van der Waals surface area contributed by atoms with Crippen LogP contribution in [0.5, 0.6) is 0 Å². The third-order valence-electron chi connectivity index (χ3n) is 3.81. The summed E-state index contributed by atoms with van der Waals surface area (Å²) in [6, 6.07) is 0.204. The average molecular weight is 261 g/mol. The van der Waals surface area contributed by atoms with Gasteiger partial charge in [0.15, 0.2) is 0 Å². The van der Waals surface area contributed by atoms with Crippen LogP contribution in [0.1, 0.15) is 57.8 Å². The maximum Gasteiger partial charge on any atom is 0.147 e. The molecule has 0 amide bonds. The van der Waals surface area contributed by atoms with Gasteiger partial charge in [-0.2, -0.15) is 0 Å². The van der Waals surface area contributed by atoms with Crippen LogP contribution in [-0.2, 0) is 9.84 Å². The lowest BCUT2D eigenvalue weighted by molar-refractivity contribution is 0.312. The van der Waals surface area contributed by atoms with Crippen molar-refractivity contribution in [2.24, 2.45) is 11.7 Å². The largest absolute Gasteiger partial charge is 0.327 e. The Morgan fingerprint density at radius 2 is 1.65 bits per heavy atom. The van der Waals surface area contributed by atoms with Crippen molar-refractivity contribution in [3.63, 3.8) is 0 Å². The van der Waals surface area contributed by atoms with Crippen LogP contribution in [0.15, 0.2) is 0 Å². The molecule has 0 heterocycles. The van der Waals surface area contributed by atoms with Crippen LogP contribution >= 0.6 is 0 Å². The van der Waals surface area contributed by atoms with E-state index in [0.29, 0.717) is 5.92 Å². The SMILES string of the molecule is CS(=O)(=O)CCCC(N)C1CCCCCCC1. The van der Waals surface area contributed by atoms with Crippen LogP contribution in [0.4, 0.5) is 0 Å². The van der Waals surface area contributed by atoms with E-state index in [1.165, 1.54) is 51.2 Å². The molecule has 0 aromatic carbocycles. The van der Waals surface area contributed by atoms with E-state index in [1.54, 1.807) is 0 Å². The quantitative estimate of drug-likeness (QED) is 0.827. The van der Waals surface area contributed by atoms with E-state index in [-0.39, 0.29) is 11.8 Å². The Hall–Kier alpha value is -0.0900. The highest BCUT2D eigenvalue weighted by molar-refractivity contribution is 7.90. The van der Waals surface area contributed by atoms with Gasteiger partial charge in [-0.05, 0) is 31.6 Å². The first-order valence-corrected chi connectivity index (χ1v) is 8.98. The van der Waals surface area contributed by atoms with Gasteiger partial charge in [-0.25, -0.2) is 8.42 Å². The number of rotatable bonds is 5. The highest BCUT2D eigenvalue weighted by Crippen LogP contribution is 2.25. The summed E-state index contributed by atoms with van der Waals surface area (Å²) in [6.07, 6.45) is 12.0. The van der Waals surface area contributed by atoms with E-state index in [9.17, 15) is 8.42 Å². The molecule has 3 nitrogen and oxygen atoms in total. The predicted octanol–water partition coefficient (Wildman–Crippen LogP) is 2.50. The number of sulfone groups is 1. The molecule has 0 saturated heterocycles. The molecule has 1 aliphatic carbocycles. The highest BCUT2D eigenvalue weighted by atomic mass is 32.2. The topological polar surface area (TPSA) is 60.2 Å². The third kappa shape index (κ3) is 7.04. The number of hydrogen-bond donors (Lipinski definition) is 1. The van der Waals surface area contributed by atoms with Crippen molar-refractivity contribution in [2.75, 3.05) is 12.0 Å². The summed E-state index contributed by atoms with van der Waals surface area (Å²) in [5, 5.41) is 0. The first-order chi connectivity index (χ1) is 7.99. The summed E-state index contributed by atoms with van der Waals surface area (Å²) < 4.78 is 22.1. The van der Waals surface area contributed by atoms with Gasteiger partial charge in [-0.3, -0.25) is 0 Å². The zero-order chi connectivity index (χ0) is 12.7. The van der Waals surface area contributed by atoms with Crippen molar-refractivity contribution in [3.8, 4) is 0 Å². The molecular formula is C13H27NO2S. The van der Waals surface area contributed by atoms with E-state index in [1.807, 2.05) is 0 Å². The normalized spacial score (nSPS) is 21.8. The molecule has 0 aliphatic heterocycles. The summed E-state index contributed by atoms with van der Waals surface area (Å²) >= 11 is 0. The maximum atomic E-state index is 11.0. The van der Waals surface area contributed by atoms with Gasteiger partial charge in [0.25, 0.3) is 0 Å². The second-order valence-electron chi connectivity index (χ2n) is 5.54. The second-order valence-corrected chi connectivity index (χ2v) is 7.80. The van der Waals surface area contributed by atoms with E-state index in [2.05, 4.69) is 0 Å². The second kappa shape index (κ2) is 7.37. The van der Waals surface area contributed by atoms with Gasteiger partial charge in [-0.15, -0.1) is 0 Å². The zero-order valence-electron chi connectivity index (χ0n) is 11.0. The van der Waals surface area contributed by atoms with Crippen molar-refractivity contribution >= 4 is 9.84 Å². The fourth-order valence-electron chi connectivity index (χ4n) is 2.73. The molecule has 2 N–H and O–H groups in total.